The predicted molar refractivity (Wildman–Crippen MR) is 268 cm³/mol. The fourth-order valence-corrected chi connectivity index (χ4v) is 11.0. The number of alkyl halides is 2. The van der Waals surface area contributed by atoms with Gasteiger partial charge in [0.15, 0.2) is 39.7 Å². The first-order valence-corrected chi connectivity index (χ1v) is 26.6. The highest BCUT2D eigenvalue weighted by atomic mass is 79.9. The number of hydrogen-bond acceptors (Lipinski definition) is 18. The molecule has 0 saturated carbocycles. The van der Waals surface area contributed by atoms with Crippen LogP contribution in [0.3, 0.4) is 0 Å². The maximum absolute atomic E-state index is 15.3. The van der Waals surface area contributed by atoms with Crippen molar-refractivity contribution in [2.24, 2.45) is 0 Å². The van der Waals surface area contributed by atoms with E-state index >= 15 is 4.57 Å². The summed E-state index contributed by atoms with van der Waals surface area (Å²) in [6.45, 7) is 1.33. The number of benzene rings is 3. The van der Waals surface area contributed by atoms with E-state index in [1.165, 1.54) is 14.2 Å². The number of para-hydroxylation sites is 1. The highest BCUT2D eigenvalue weighted by Gasteiger charge is 2.37. The third-order valence-corrected chi connectivity index (χ3v) is 14.4. The Kier molecular flexibility index (Phi) is 15.6. The van der Waals surface area contributed by atoms with Gasteiger partial charge < -0.3 is 53.5 Å². The van der Waals surface area contributed by atoms with Gasteiger partial charge in [0.25, 0.3) is 0 Å². The van der Waals surface area contributed by atoms with Crippen LogP contribution in [0.1, 0.15) is 73.2 Å². The molecule has 20 nitrogen and oxygen atoms in total. The van der Waals surface area contributed by atoms with Crippen LogP contribution in [0.25, 0.3) is 22.3 Å². The van der Waals surface area contributed by atoms with Crippen molar-refractivity contribution in [2.45, 2.75) is 74.5 Å². The summed E-state index contributed by atoms with van der Waals surface area (Å²) in [5, 5.41) is 1.04. The minimum atomic E-state index is -4.66. The number of phosphoric acid groups is 1. The maximum atomic E-state index is 15.3. The Hall–Kier alpha value is -5.64. The third kappa shape index (κ3) is 10.7. The molecule has 370 valence electrons. The third-order valence-electron chi connectivity index (χ3n) is 11.7. The zero-order valence-electron chi connectivity index (χ0n) is 38.2. The lowest BCUT2D eigenvalue weighted by molar-refractivity contribution is -0.0336. The normalized spacial score (nSPS) is 17.0. The molecule has 4 N–H and O–H groups in total. The van der Waals surface area contributed by atoms with Crippen LogP contribution in [0, 0.1) is 0 Å². The molecule has 2 unspecified atom stereocenters. The largest absolute Gasteiger partial charge is 0.647 e. The van der Waals surface area contributed by atoms with Crippen molar-refractivity contribution in [2.75, 3.05) is 52.1 Å². The molecule has 70 heavy (non-hydrogen) atoms. The lowest BCUT2D eigenvalue weighted by Crippen LogP contribution is -2.19. The first kappa shape index (κ1) is 49.3. The number of nitrogen functional groups attached to an aromatic ring is 2. The Balaban J connectivity index is 0.976. The second kappa shape index (κ2) is 22.2. The van der Waals surface area contributed by atoms with Gasteiger partial charge in [-0.3, -0.25) is 9.13 Å². The van der Waals surface area contributed by atoms with Gasteiger partial charge in [-0.15, -0.1) is 0 Å². The standard InChI is InChI=1S/C46H50Br2ClN10O10P/c1-61-45-52-37-39(50)54-43(56-41(37)58(45)35-17-5-7-21-63-35)65-23-19-29-27(25-47)11-9-15-32(29)67-70(60,69-34-14-4-3-13-31(34)49)68-33-16-10-12-28(26-48)30(33)20-24-66-44-55-40(51)38-42(57-44)59(46(53-38)62-2)36-18-6-8-22-64-36/h3-4,9-16,35-36H,5-8,17-26H2,1-2H3,(H2,50,54,56)(H2,51,55,57). The number of ether oxygens (including phenoxy) is 6. The molecular formula is C46H50Br2ClN10O10P. The summed E-state index contributed by atoms with van der Waals surface area (Å²) >= 11 is 13.8. The van der Waals surface area contributed by atoms with Gasteiger partial charge in [-0.05, 0) is 73.9 Å². The van der Waals surface area contributed by atoms with Gasteiger partial charge in [0.1, 0.15) is 24.0 Å². The van der Waals surface area contributed by atoms with Gasteiger partial charge in [0.05, 0.1) is 32.5 Å². The first-order valence-electron chi connectivity index (χ1n) is 22.5. The minimum absolute atomic E-state index is 0.0270. The average Bonchev–Trinajstić information content (AvgIpc) is 3.95. The molecule has 7 aromatic rings. The van der Waals surface area contributed by atoms with E-state index in [0.29, 0.717) is 69.3 Å². The summed E-state index contributed by atoms with van der Waals surface area (Å²) in [6, 6.07) is 18.0. The molecule has 0 amide bonds. The highest BCUT2D eigenvalue weighted by Crippen LogP contribution is 2.53. The van der Waals surface area contributed by atoms with Crippen molar-refractivity contribution in [1.82, 2.24) is 39.0 Å². The molecule has 2 atom stereocenters. The zero-order chi connectivity index (χ0) is 48.8. The number of nitrogens with zero attached hydrogens (tertiary/aromatic N) is 8. The molecule has 0 bridgehead atoms. The Bertz CT molecular complexity index is 2850. The number of anilines is 2. The summed E-state index contributed by atoms with van der Waals surface area (Å²) in [5.41, 5.74) is 17.3. The van der Waals surface area contributed by atoms with Gasteiger partial charge in [-0.2, -0.15) is 34.5 Å². The SMILES string of the molecule is COc1nc2c(N)nc(OCCc3c(CBr)cccc3OP(=O)(Oc3ccccc3Cl)Oc3cccc(CBr)c3CCOc3nc(N)c4nc(OC)n(C5CCCCO5)c4n3)nc2n1C1CCCCO1. The summed E-state index contributed by atoms with van der Waals surface area (Å²) in [7, 11) is -1.61. The summed E-state index contributed by atoms with van der Waals surface area (Å²) in [6.07, 6.45) is 5.20. The molecule has 3 aromatic carbocycles. The van der Waals surface area contributed by atoms with Crippen molar-refractivity contribution in [3.05, 3.63) is 87.9 Å². The Morgan fingerprint density at radius 1 is 0.643 bits per heavy atom. The molecule has 9 rings (SSSR count). The van der Waals surface area contributed by atoms with Crippen molar-refractivity contribution < 1.29 is 46.6 Å². The molecule has 24 heteroatoms. The van der Waals surface area contributed by atoms with Gasteiger partial charge in [0, 0.05) is 47.8 Å². The molecule has 2 aliphatic rings. The van der Waals surface area contributed by atoms with Crippen LogP contribution in [0.2, 0.25) is 5.02 Å². The lowest BCUT2D eigenvalue weighted by Gasteiger charge is -2.24. The lowest BCUT2D eigenvalue weighted by atomic mass is 10.1. The van der Waals surface area contributed by atoms with Crippen LogP contribution < -0.4 is 44.0 Å². The van der Waals surface area contributed by atoms with Crippen molar-refractivity contribution in [1.29, 1.82) is 0 Å². The second-order valence-electron chi connectivity index (χ2n) is 16.1. The van der Waals surface area contributed by atoms with Crippen LogP contribution in [0.5, 0.6) is 41.3 Å². The number of phosphoric ester groups is 1. The molecule has 2 fully saturated rings. The minimum Gasteiger partial charge on any atom is -0.468 e. The van der Waals surface area contributed by atoms with Gasteiger partial charge >= 0.3 is 31.9 Å². The number of hydrogen-bond donors (Lipinski definition) is 2. The number of fused-ring (bicyclic) bond motifs is 2. The predicted octanol–water partition coefficient (Wildman–Crippen LogP) is 9.88. The highest BCUT2D eigenvalue weighted by molar-refractivity contribution is 9.08. The fraction of sp³-hybridized carbons (Fsp3) is 0.391. The Morgan fingerprint density at radius 3 is 1.53 bits per heavy atom. The van der Waals surface area contributed by atoms with E-state index < -0.39 is 7.82 Å². The van der Waals surface area contributed by atoms with Crippen molar-refractivity contribution in [3.8, 4) is 41.3 Å². The summed E-state index contributed by atoms with van der Waals surface area (Å²) in [5.74, 6) is 0.749. The van der Waals surface area contributed by atoms with E-state index in [2.05, 4.69) is 51.8 Å². The topological polar surface area (TPSA) is 239 Å². The average molecular weight is 1130 g/mol. The molecule has 2 aliphatic heterocycles. The zero-order valence-corrected chi connectivity index (χ0v) is 43.0. The van der Waals surface area contributed by atoms with E-state index in [4.69, 9.17) is 75.0 Å². The Morgan fingerprint density at radius 2 is 1.10 bits per heavy atom. The molecular weight excluding hydrogens is 1080 g/mol. The van der Waals surface area contributed by atoms with Gasteiger partial charge in [-0.25, -0.2) is 0 Å². The van der Waals surface area contributed by atoms with E-state index in [1.54, 1.807) is 57.7 Å². The van der Waals surface area contributed by atoms with E-state index in [0.717, 1.165) is 49.7 Å². The van der Waals surface area contributed by atoms with Crippen LogP contribution >= 0.6 is 51.3 Å². The monoisotopic (exact) mass is 1130 g/mol. The van der Waals surface area contributed by atoms with Crippen LogP contribution in [0.4, 0.5) is 11.6 Å². The number of rotatable bonds is 20. The fourth-order valence-electron chi connectivity index (χ4n) is 8.34. The quantitative estimate of drug-likeness (QED) is 0.0533. The van der Waals surface area contributed by atoms with Crippen LogP contribution in [0.15, 0.2) is 60.7 Å². The maximum Gasteiger partial charge on any atom is 0.647 e. The second-order valence-corrected chi connectivity index (χ2v) is 19.1. The number of aromatic nitrogens is 8. The summed E-state index contributed by atoms with van der Waals surface area (Å²) in [4.78, 5) is 27.2. The smallest absolute Gasteiger partial charge is 0.468 e. The molecule has 4 aromatic heterocycles. The van der Waals surface area contributed by atoms with Crippen LogP contribution in [-0.2, 0) is 37.5 Å². The molecule has 0 spiro atoms. The Labute approximate surface area is 424 Å². The molecule has 6 heterocycles. The molecule has 0 radical (unpaired) electrons. The number of halogens is 3. The van der Waals surface area contributed by atoms with E-state index in [-0.39, 0.29) is 84.4 Å². The van der Waals surface area contributed by atoms with E-state index in [1.807, 2.05) is 12.1 Å². The first-order chi connectivity index (χ1) is 34.1. The molecule has 0 aliphatic carbocycles. The number of imidazole rings is 2. The van der Waals surface area contributed by atoms with E-state index in [9.17, 15) is 0 Å². The van der Waals surface area contributed by atoms with Crippen molar-refractivity contribution in [3.63, 3.8) is 0 Å². The van der Waals surface area contributed by atoms with Crippen LogP contribution in [-0.4, -0.2) is 79.7 Å². The van der Waals surface area contributed by atoms with Gasteiger partial charge in [-0.1, -0.05) is 79.9 Å². The number of nitrogens with two attached hydrogens (primary N) is 2. The number of methoxy groups -OCH3 is 2. The van der Waals surface area contributed by atoms with Gasteiger partial charge in [0.2, 0.25) is 0 Å². The molecule has 2 saturated heterocycles. The summed E-state index contributed by atoms with van der Waals surface area (Å²) < 4.78 is 73.5. The van der Waals surface area contributed by atoms with Crippen molar-refractivity contribution >= 4 is 85.2 Å².